The summed E-state index contributed by atoms with van der Waals surface area (Å²) < 4.78 is 6.28. The number of fused-ring (bicyclic) bond motifs is 1. The number of pyridine rings is 1. The summed E-state index contributed by atoms with van der Waals surface area (Å²) in [6.45, 7) is -0.174. The van der Waals surface area contributed by atoms with Gasteiger partial charge >= 0.3 is 5.76 Å². The van der Waals surface area contributed by atoms with Gasteiger partial charge in [-0.3, -0.25) is 4.79 Å². The van der Waals surface area contributed by atoms with Gasteiger partial charge in [0.1, 0.15) is 6.54 Å². The maximum Gasteiger partial charge on any atom is 0.421 e. The van der Waals surface area contributed by atoms with Crippen molar-refractivity contribution in [3.8, 4) is 0 Å². The minimum atomic E-state index is -0.610. The Morgan fingerprint density at radius 3 is 2.41 bits per heavy atom. The highest BCUT2D eigenvalue weighted by Crippen LogP contribution is 2.18. The Bertz CT molecular complexity index is 1130. The van der Waals surface area contributed by atoms with Gasteiger partial charge in [-0.25, -0.2) is 14.3 Å². The summed E-state index contributed by atoms with van der Waals surface area (Å²) in [7, 11) is 0. The maximum absolute atomic E-state index is 12.3. The van der Waals surface area contributed by atoms with Crippen LogP contribution in [-0.2, 0) is 11.3 Å². The maximum atomic E-state index is 12.3. The number of carbonyl (C=O) groups is 1. The van der Waals surface area contributed by atoms with Crippen LogP contribution < -0.4 is 16.4 Å². The lowest BCUT2D eigenvalue weighted by Crippen LogP contribution is -2.25. The van der Waals surface area contributed by atoms with E-state index in [1.54, 1.807) is 30.5 Å². The summed E-state index contributed by atoms with van der Waals surface area (Å²) in [4.78, 5) is 28.3. The number of aromatic nitrogens is 2. The highest BCUT2D eigenvalue weighted by molar-refractivity contribution is 5.91. The number of nitrogens with one attached hydrogen (secondary N) is 2. The number of benzene rings is 2. The normalized spacial score (nSPS) is 10.7. The molecule has 0 radical (unpaired) electrons. The lowest BCUT2D eigenvalue weighted by atomic mass is 10.2. The van der Waals surface area contributed by atoms with Gasteiger partial charge in [0.25, 0.3) is 0 Å². The van der Waals surface area contributed by atoms with Gasteiger partial charge in [-0.2, -0.15) is 0 Å². The van der Waals surface area contributed by atoms with Crippen LogP contribution in [0, 0.1) is 0 Å². The van der Waals surface area contributed by atoms with E-state index in [1.165, 1.54) is 4.57 Å². The largest absolute Gasteiger partial charge is 0.421 e. The van der Waals surface area contributed by atoms with Crippen LogP contribution in [0.25, 0.3) is 11.2 Å². The highest BCUT2D eigenvalue weighted by Gasteiger charge is 2.13. The van der Waals surface area contributed by atoms with Gasteiger partial charge in [-0.15, -0.1) is 0 Å². The van der Waals surface area contributed by atoms with Crippen molar-refractivity contribution in [1.82, 2.24) is 9.55 Å². The van der Waals surface area contributed by atoms with E-state index in [2.05, 4.69) is 15.6 Å². The number of anilines is 3. The second kappa shape index (κ2) is 7.17. The van der Waals surface area contributed by atoms with E-state index in [4.69, 9.17) is 4.42 Å². The van der Waals surface area contributed by atoms with Crippen molar-refractivity contribution in [3.05, 3.63) is 83.5 Å². The quantitative estimate of drug-likeness (QED) is 0.570. The molecule has 2 heterocycles. The first-order chi connectivity index (χ1) is 13.2. The summed E-state index contributed by atoms with van der Waals surface area (Å²) in [5, 5.41) is 6.04. The van der Waals surface area contributed by atoms with E-state index in [0.29, 0.717) is 16.9 Å². The number of amides is 1. The first kappa shape index (κ1) is 16.6. The van der Waals surface area contributed by atoms with Gasteiger partial charge in [0.2, 0.25) is 5.91 Å². The number of hydrogen-bond donors (Lipinski definition) is 2. The van der Waals surface area contributed by atoms with Gasteiger partial charge < -0.3 is 15.1 Å². The summed E-state index contributed by atoms with van der Waals surface area (Å²) >= 11 is 0. The molecule has 0 saturated heterocycles. The lowest BCUT2D eigenvalue weighted by molar-refractivity contribution is -0.116. The topological polar surface area (TPSA) is 89.2 Å². The van der Waals surface area contributed by atoms with Crippen LogP contribution in [0.4, 0.5) is 17.1 Å². The summed E-state index contributed by atoms with van der Waals surface area (Å²) in [5.74, 6) is -0.949. The SMILES string of the molecule is O=C(Cn1c(=O)oc2cccnc21)Nc1ccc(Nc2ccccc2)cc1. The molecule has 7 heteroatoms. The van der Waals surface area contributed by atoms with Crippen molar-refractivity contribution < 1.29 is 9.21 Å². The van der Waals surface area contributed by atoms with E-state index >= 15 is 0 Å². The van der Waals surface area contributed by atoms with Gasteiger partial charge in [-0.05, 0) is 48.5 Å². The van der Waals surface area contributed by atoms with Gasteiger partial charge in [0, 0.05) is 23.3 Å². The van der Waals surface area contributed by atoms with E-state index in [-0.39, 0.29) is 12.5 Å². The third-order valence-electron chi connectivity index (χ3n) is 3.96. The molecule has 0 bridgehead atoms. The minimum absolute atomic E-state index is 0.174. The fraction of sp³-hybridized carbons (Fsp3) is 0.0500. The molecule has 134 valence electrons. The minimum Gasteiger partial charge on any atom is -0.406 e. The molecule has 1 amide bonds. The summed E-state index contributed by atoms with van der Waals surface area (Å²) in [6, 6.07) is 20.4. The molecule has 0 aliphatic carbocycles. The Labute approximate surface area is 154 Å². The summed E-state index contributed by atoms with van der Waals surface area (Å²) in [6.07, 6.45) is 1.55. The third-order valence-corrected chi connectivity index (χ3v) is 3.96. The predicted octanol–water partition coefficient (Wildman–Crippen LogP) is 3.37. The van der Waals surface area contributed by atoms with Crippen LogP contribution in [-0.4, -0.2) is 15.5 Å². The van der Waals surface area contributed by atoms with Gasteiger partial charge in [0.15, 0.2) is 11.2 Å². The Morgan fingerprint density at radius 1 is 0.926 bits per heavy atom. The van der Waals surface area contributed by atoms with E-state index in [1.807, 2.05) is 42.5 Å². The fourth-order valence-electron chi connectivity index (χ4n) is 2.71. The molecule has 4 aromatic rings. The Balaban J connectivity index is 1.43. The molecular weight excluding hydrogens is 344 g/mol. The number of oxazole rings is 1. The zero-order valence-electron chi connectivity index (χ0n) is 14.3. The van der Waals surface area contributed by atoms with Crippen LogP contribution in [0.5, 0.6) is 0 Å². The van der Waals surface area contributed by atoms with Crippen molar-refractivity contribution >= 4 is 34.2 Å². The van der Waals surface area contributed by atoms with E-state index < -0.39 is 5.76 Å². The summed E-state index contributed by atoms with van der Waals surface area (Å²) in [5.41, 5.74) is 3.22. The molecule has 7 nitrogen and oxygen atoms in total. The number of carbonyl (C=O) groups excluding carboxylic acids is 1. The molecule has 0 aliphatic rings. The van der Waals surface area contributed by atoms with Crippen molar-refractivity contribution in [2.75, 3.05) is 10.6 Å². The van der Waals surface area contributed by atoms with Crippen LogP contribution in [0.1, 0.15) is 0 Å². The second-order valence-electron chi connectivity index (χ2n) is 5.90. The average molecular weight is 360 g/mol. The average Bonchev–Trinajstić information content (AvgIpc) is 2.99. The van der Waals surface area contributed by atoms with Gasteiger partial charge in [0.05, 0.1) is 0 Å². The van der Waals surface area contributed by atoms with E-state index in [0.717, 1.165) is 11.4 Å². The molecule has 4 rings (SSSR count). The number of para-hydroxylation sites is 1. The zero-order valence-corrected chi connectivity index (χ0v) is 14.3. The van der Waals surface area contributed by atoms with Crippen molar-refractivity contribution in [2.24, 2.45) is 0 Å². The molecule has 2 aromatic heterocycles. The van der Waals surface area contributed by atoms with E-state index in [9.17, 15) is 9.59 Å². The lowest BCUT2D eigenvalue weighted by Gasteiger charge is -2.09. The molecule has 0 atom stereocenters. The smallest absolute Gasteiger partial charge is 0.406 e. The third kappa shape index (κ3) is 3.72. The predicted molar refractivity (Wildman–Crippen MR) is 103 cm³/mol. The van der Waals surface area contributed by atoms with Crippen LogP contribution in [0.15, 0.2) is 82.1 Å². The molecular formula is C20H16N4O3. The molecule has 0 unspecified atom stereocenters. The van der Waals surface area contributed by atoms with Crippen molar-refractivity contribution in [3.63, 3.8) is 0 Å². The molecule has 0 spiro atoms. The fourth-order valence-corrected chi connectivity index (χ4v) is 2.71. The second-order valence-corrected chi connectivity index (χ2v) is 5.90. The van der Waals surface area contributed by atoms with Crippen LogP contribution in [0.2, 0.25) is 0 Å². The number of rotatable bonds is 5. The van der Waals surface area contributed by atoms with Gasteiger partial charge in [-0.1, -0.05) is 18.2 Å². The monoisotopic (exact) mass is 360 g/mol. The molecule has 0 aliphatic heterocycles. The molecule has 27 heavy (non-hydrogen) atoms. The Morgan fingerprint density at radius 2 is 1.63 bits per heavy atom. The first-order valence-corrected chi connectivity index (χ1v) is 8.35. The molecule has 0 fully saturated rings. The molecule has 2 aromatic carbocycles. The molecule has 0 saturated carbocycles. The Hall–Kier alpha value is -3.87. The standard InChI is InChI=1S/C20H16N4O3/c25-18(13-24-19-17(27-20(24)26)7-4-12-21-19)23-16-10-8-15(9-11-16)22-14-5-2-1-3-6-14/h1-12,22H,13H2,(H,23,25). The van der Waals surface area contributed by atoms with Crippen molar-refractivity contribution in [2.45, 2.75) is 6.54 Å². The number of nitrogens with zero attached hydrogens (tertiary/aromatic N) is 2. The molecule has 2 N–H and O–H groups in total. The van der Waals surface area contributed by atoms with Crippen molar-refractivity contribution in [1.29, 1.82) is 0 Å². The Kier molecular flexibility index (Phi) is 4.40. The highest BCUT2D eigenvalue weighted by atomic mass is 16.4. The van der Waals surface area contributed by atoms with Crippen LogP contribution >= 0.6 is 0 Å². The number of hydrogen-bond acceptors (Lipinski definition) is 5. The van der Waals surface area contributed by atoms with Crippen LogP contribution in [0.3, 0.4) is 0 Å². The zero-order chi connectivity index (χ0) is 18.6. The first-order valence-electron chi connectivity index (χ1n) is 8.35.